The van der Waals surface area contributed by atoms with Crippen molar-refractivity contribution in [2.75, 3.05) is 18.5 Å². The van der Waals surface area contributed by atoms with Crippen LogP contribution in [0.4, 0.5) is 18.9 Å². The van der Waals surface area contributed by atoms with Gasteiger partial charge in [-0.1, -0.05) is 11.6 Å². The Bertz CT molecular complexity index is 1060. The van der Waals surface area contributed by atoms with Gasteiger partial charge in [-0.3, -0.25) is 24.1 Å². The lowest BCUT2D eigenvalue weighted by molar-refractivity contribution is -0.147. The van der Waals surface area contributed by atoms with Gasteiger partial charge in [-0.2, -0.15) is 13.2 Å². The van der Waals surface area contributed by atoms with Gasteiger partial charge in [-0.15, -0.1) is 0 Å². The number of nitrogens with one attached hydrogen (secondary N) is 1. The van der Waals surface area contributed by atoms with E-state index in [2.05, 4.69) is 5.32 Å². The van der Waals surface area contributed by atoms with Crippen LogP contribution in [0.15, 0.2) is 42.5 Å². The molecule has 7 nitrogen and oxygen atoms in total. The van der Waals surface area contributed by atoms with Gasteiger partial charge in [0, 0.05) is 18.7 Å². The zero-order valence-corrected chi connectivity index (χ0v) is 17.0. The number of aryl methyl sites for hydroxylation is 1. The first-order chi connectivity index (χ1) is 15.1. The third-order valence-corrected chi connectivity index (χ3v) is 4.75. The van der Waals surface area contributed by atoms with Crippen LogP contribution >= 0.6 is 0 Å². The van der Waals surface area contributed by atoms with Crippen LogP contribution in [0.25, 0.3) is 0 Å². The smallest absolute Gasteiger partial charge is 0.416 e. The zero-order chi connectivity index (χ0) is 23.5. The van der Waals surface area contributed by atoms with Crippen LogP contribution in [-0.4, -0.2) is 41.7 Å². The van der Waals surface area contributed by atoms with E-state index in [1.54, 1.807) is 18.2 Å². The zero-order valence-electron chi connectivity index (χ0n) is 17.0. The molecule has 0 bridgehead atoms. The highest BCUT2D eigenvalue weighted by Crippen LogP contribution is 2.29. The second-order valence-electron chi connectivity index (χ2n) is 7.20. The fraction of sp³-hybridized carbons (Fsp3) is 0.273. The number of hydrogen-bond donors (Lipinski definition) is 1. The van der Waals surface area contributed by atoms with Crippen molar-refractivity contribution < 1.29 is 37.1 Å². The standard InChI is InChI=1S/C22H19F3N2O5/c1-13-4-9-16-17(11-13)21(31)27(20(16)30)10-2-3-19(29)32-12-18(28)26-15-7-5-14(6-8-15)22(23,24)25/h4-9,11H,2-3,10,12H2,1H3,(H,26,28). The average molecular weight is 448 g/mol. The van der Waals surface area contributed by atoms with Crippen LogP contribution in [0.2, 0.25) is 0 Å². The summed E-state index contributed by atoms with van der Waals surface area (Å²) in [5.41, 5.74) is 0.778. The Morgan fingerprint density at radius 2 is 1.66 bits per heavy atom. The molecular formula is C22H19F3N2O5. The number of amides is 3. The van der Waals surface area contributed by atoms with Crippen LogP contribution in [0.5, 0.6) is 0 Å². The van der Waals surface area contributed by atoms with Gasteiger partial charge >= 0.3 is 12.1 Å². The first-order valence-electron chi connectivity index (χ1n) is 9.66. The Morgan fingerprint density at radius 1 is 1.00 bits per heavy atom. The number of fused-ring (bicyclic) bond motifs is 1. The van der Waals surface area contributed by atoms with Gasteiger partial charge < -0.3 is 10.1 Å². The van der Waals surface area contributed by atoms with Gasteiger partial charge in [-0.25, -0.2) is 0 Å². The molecule has 0 fully saturated rings. The largest absolute Gasteiger partial charge is 0.456 e. The van der Waals surface area contributed by atoms with Gasteiger partial charge in [-0.05, 0) is 49.7 Å². The van der Waals surface area contributed by atoms with Crippen LogP contribution in [0.3, 0.4) is 0 Å². The Labute approximate surface area is 181 Å². The van der Waals surface area contributed by atoms with Crippen LogP contribution in [0.1, 0.15) is 44.7 Å². The number of hydrogen-bond acceptors (Lipinski definition) is 5. The molecule has 0 atom stereocenters. The minimum Gasteiger partial charge on any atom is -0.456 e. The van der Waals surface area contributed by atoms with Gasteiger partial charge in [0.05, 0.1) is 16.7 Å². The molecule has 0 saturated carbocycles. The number of anilines is 1. The fourth-order valence-electron chi connectivity index (χ4n) is 3.15. The lowest BCUT2D eigenvalue weighted by Gasteiger charge is -2.13. The number of imide groups is 1. The third kappa shape index (κ3) is 5.32. The van der Waals surface area contributed by atoms with Crippen LogP contribution in [0, 0.1) is 6.92 Å². The molecule has 1 heterocycles. The Morgan fingerprint density at radius 3 is 2.31 bits per heavy atom. The molecule has 3 amide bonds. The molecule has 1 aliphatic rings. The van der Waals surface area contributed by atoms with E-state index in [9.17, 15) is 32.3 Å². The summed E-state index contributed by atoms with van der Waals surface area (Å²) in [5, 5.41) is 2.32. The number of esters is 1. The van der Waals surface area contributed by atoms with E-state index >= 15 is 0 Å². The van der Waals surface area contributed by atoms with E-state index in [4.69, 9.17) is 4.74 Å². The number of ether oxygens (including phenoxy) is 1. The first kappa shape index (κ1) is 23.0. The van der Waals surface area contributed by atoms with Crippen LogP contribution in [-0.2, 0) is 20.5 Å². The second kappa shape index (κ2) is 9.21. The Kier molecular flexibility index (Phi) is 6.61. The van der Waals surface area contributed by atoms with Crippen molar-refractivity contribution in [2.45, 2.75) is 25.9 Å². The van der Waals surface area contributed by atoms with Gasteiger partial charge in [0.2, 0.25) is 0 Å². The maximum atomic E-state index is 12.5. The lowest BCUT2D eigenvalue weighted by Crippen LogP contribution is -2.31. The number of alkyl halides is 3. The molecule has 0 radical (unpaired) electrons. The molecule has 0 unspecified atom stereocenters. The van der Waals surface area contributed by atoms with Crippen molar-refractivity contribution >= 4 is 29.4 Å². The molecule has 168 valence electrons. The fourth-order valence-corrected chi connectivity index (χ4v) is 3.15. The van der Waals surface area contributed by atoms with Gasteiger partial charge in [0.25, 0.3) is 17.7 Å². The summed E-state index contributed by atoms with van der Waals surface area (Å²) in [4.78, 5) is 49.4. The highest BCUT2D eigenvalue weighted by Gasteiger charge is 2.35. The maximum Gasteiger partial charge on any atom is 0.416 e. The summed E-state index contributed by atoms with van der Waals surface area (Å²) in [6.07, 6.45) is -4.45. The topological polar surface area (TPSA) is 92.8 Å². The summed E-state index contributed by atoms with van der Waals surface area (Å²) in [5.74, 6) is -2.26. The van der Waals surface area contributed by atoms with E-state index in [1.165, 1.54) is 0 Å². The predicted molar refractivity (Wildman–Crippen MR) is 107 cm³/mol. The molecule has 1 aliphatic heterocycles. The summed E-state index contributed by atoms with van der Waals surface area (Å²) in [7, 11) is 0. The minimum atomic E-state index is -4.48. The number of halogens is 3. The predicted octanol–water partition coefficient (Wildman–Crippen LogP) is 3.57. The monoisotopic (exact) mass is 448 g/mol. The molecule has 2 aromatic rings. The lowest BCUT2D eigenvalue weighted by atomic mass is 10.1. The molecule has 32 heavy (non-hydrogen) atoms. The number of carbonyl (C=O) groups excluding carboxylic acids is 4. The molecule has 1 N–H and O–H groups in total. The molecule has 0 aromatic heterocycles. The highest BCUT2D eigenvalue weighted by atomic mass is 19.4. The van der Waals surface area contributed by atoms with E-state index < -0.39 is 42.0 Å². The molecule has 3 rings (SSSR count). The molecular weight excluding hydrogens is 429 g/mol. The minimum absolute atomic E-state index is 0.0260. The van der Waals surface area contributed by atoms with E-state index in [1.807, 2.05) is 6.92 Å². The Hall–Kier alpha value is -3.69. The second-order valence-corrected chi connectivity index (χ2v) is 7.20. The van der Waals surface area contributed by atoms with Crippen molar-refractivity contribution in [3.8, 4) is 0 Å². The molecule has 10 heteroatoms. The number of benzene rings is 2. The molecule has 2 aromatic carbocycles. The van der Waals surface area contributed by atoms with Crippen molar-refractivity contribution in [1.82, 2.24) is 4.90 Å². The Balaban J connectivity index is 1.40. The first-order valence-corrected chi connectivity index (χ1v) is 9.66. The van der Waals surface area contributed by atoms with Crippen molar-refractivity contribution in [2.24, 2.45) is 0 Å². The highest BCUT2D eigenvalue weighted by molar-refractivity contribution is 6.21. The van der Waals surface area contributed by atoms with Crippen molar-refractivity contribution in [3.63, 3.8) is 0 Å². The maximum absolute atomic E-state index is 12.5. The molecule has 0 saturated heterocycles. The SMILES string of the molecule is Cc1ccc2c(c1)C(=O)N(CCCC(=O)OCC(=O)Nc1ccc(C(F)(F)F)cc1)C2=O. The molecule has 0 aliphatic carbocycles. The van der Waals surface area contributed by atoms with Gasteiger partial charge in [0.15, 0.2) is 6.61 Å². The summed E-state index contributed by atoms with van der Waals surface area (Å²) in [6, 6.07) is 8.79. The summed E-state index contributed by atoms with van der Waals surface area (Å²) in [6.45, 7) is 1.22. The van der Waals surface area contributed by atoms with Gasteiger partial charge in [0.1, 0.15) is 0 Å². The quantitative estimate of drug-likeness (QED) is 0.517. The van der Waals surface area contributed by atoms with E-state index in [-0.39, 0.29) is 25.1 Å². The number of nitrogens with zero attached hydrogens (tertiary/aromatic N) is 1. The number of rotatable bonds is 7. The summed E-state index contributed by atoms with van der Waals surface area (Å²) >= 11 is 0. The van der Waals surface area contributed by atoms with Crippen LogP contribution < -0.4 is 5.32 Å². The van der Waals surface area contributed by atoms with Crippen molar-refractivity contribution in [3.05, 3.63) is 64.7 Å². The average Bonchev–Trinajstić information content (AvgIpc) is 2.96. The van der Waals surface area contributed by atoms with Crippen molar-refractivity contribution in [1.29, 1.82) is 0 Å². The molecule has 0 spiro atoms. The number of carbonyl (C=O) groups is 4. The van der Waals surface area contributed by atoms with E-state index in [0.717, 1.165) is 34.7 Å². The third-order valence-electron chi connectivity index (χ3n) is 4.75. The van der Waals surface area contributed by atoms with E-state index in [0.29, 0.717) is 11.1 Å². The summed E-state index contributed by atoms with van der Waals surface area (Å²) < 4.78 is 42.4. The normalized spacial score (nSPS) is 13.2.